The van der Waals surface area contributed by atoms with Gasteiger partial charge in [0, 0.05) is 11.1 Å². The first-order valence-electron chi connectivity index (χ1n) is 6.17. The SMILES string of the molecule is Cc1csc(CNC(=O)N2CC(C)(OCC(=O)O)C2)n1. The lowest BCUT2D eigenvalue weighted by Crippen LogP contribution is -2.65. The topological polar surface area (TPSA) is 91.8 Å². The van der Waals surface area contributed by atoms with Crippen LogP contribution in [0.3, 0.4) is 0 Å². The summed E-state index contributed by atoms with van der Waals surface area (Å²) in [4.78, 5) is 28.1. The second-order valence-corrected chi connectivity index (χ2v) is 5.97. The van der Waals surface area contributed by atoms with Crippen LogP contribution >= 0.6 is 11.3 Å². The van der Waals surface area contributed by atoms with Crippen molar-refractivity contribution in [2.45, 2.75) is 26.0 Å². The number of aromatic nitrogens is 1. The van der Waals surface area contributed by atoms with E-state index in [9.17, 15) is 9.59 Å². The number of thiazole rings is 1. The number of hydrogen-bond acceptors (Lipinski definition) is 5. The molecule has 0 unspecified atom stereocenters. The molecule has 2 amide bonds. The summed E-state index contributed by atoms with van der Waals surface area (Å²) < 4.78 is 5.24. The average Bonchev–Trinajstić information content (AvgIpc) is 2.76. The summed E-state index contributed by atoms with van der Waals surface area (Å²) in [6.45, 7) is 4.54. The molecule has 0 bridgehead atoms. The second-order valence-electron chi connectivity index (χ2n) is 5.03. The van der Waals surface area contributed by atoms with Gasteiger partial charge in [0.15, 0.2) is 0 Å². The number of carbonyl (C=O) groups is 2. The molecule has 2 heterocycles. The third-order valence-corrected chi connectivity index (χ3v) is 3.91. The van der Waals surface area contributed by atoms with Gasteiger partial charge in [-0.05, 0) is 13.8 Å². The molecule has 0 spiro atoms. The van der Waals surface area contributed by atoms with E-state index in [2.05, 4.69) is 10.3 Å². The summed E-state index contributed by atoms with van der Waals surface area (Å²) in [7, 11) is 0. The first-order valence-corrected chi connectivity index (χ1v) is 7.05. The molecule has 110 valence electrons. The normalized spacial score (nSPS) is 16.6. The number of likely N-dealkylation sites (tertiary alicyclic amines) is 1. The van der Waals surface area contributed by atoms with Crippen LogP contribution in [0.1, 0.15) is 17.6 Å². The van der Waals surface area contributed by atoms with E-state index < -0.39 is 11.6 Å². The molecule has 1 aromatic heterocycles. The number of carboxylic acid groups (broad SMARTS) is 1. The number of aliphatic carboxylic acids is 1. The fourth-order valence-electron chi connectivity index (χ4n) is 1.98. The molecular weight excluding hydrogens is 282 g/mol. The number of amides is 2. The Bertz CT molecular complexity index is 511. The number of urea groups is 1. The lowest BCUT2D eigenvalue weighted by molar-refractivity contribution is -0.159. The van der Waals surface area contributed by atoms with E-state index in [-0.39, 0.29) is 12.6 Å². The van der Waals surface area contributed by atoms with Gasteiger partial charge in [-0.2, -0.15) is 0 Å². The molecule has 1 aliphatic heterocycles. The highest BCUT2D eigenvalue weighted by molar-refractivity contribution is 7.09. The van der Waals surface area contributed by atoms with Gasteiger partial charge in [0.05, 0.1) is 19.6 Å². The fraction of sp³-hybridized carbons (Fsp3) is 0.583. The van der Waals surface area contributed by atoms with Gasteiger partial charge in [-0.3, -0.25) is 0 Å². The summed E-state index contributed by atoms with van der Waals surface area (Å²) in [6.07, 6.45) is 0. The number of carboxylic acids is 1. The van der Waals surface area contributed by atoms with E-state index in [0.29, 0.717) is 19.6 Å². The van der Waals surface area contributed by atoms with Crippen LogP contribution in [0.25, 0.3) is 0 Å². The van der Waals surface area contributed by atoms with E-state index >= 15 is 0 Å². The minimum absolute atomic E-state index is 0.186. The molecule has 0 radical (unpaired) electrons. The molecule has 0 aromatic carbocycles. The summed E-state index contributed by atoms with van der Waals surface area (Å²) in [5, 5.41) is 14.1. The highest BCUT2D eigenvalue weighted by Crippen LogP contribution is 2.24. The highest BCUT2D eigenvalue weighted by Gasteiger charge is 2.42. The van der Waals surface area contributed by atoms with E-state index in [1.165, 1.54) is 11.3 Å². The number of aryl methyl sites for hydroxylation is 1. The van der Waals surface area contributed by atoms with E-state index in [1.807, 2.05) is 12.3 Å². The second kappa shape index (κ2) is 5.76. The fourth-order valence-corrected chi connectivity index (χ4v) is 2.69. The Kier molecular flexibility index (Phi) is 4.24. The first kappa shape index (κ1) is 14.7. The molecule has 8 heteroatoms. The Morgan fingerprint density at radius 2 is 2.30 bits per heavy atom. The lowest BCUT2D eigenvalue weighted by Gasteiger charge is -2.46. The summed E-state index contributed by atoms with van der Waals surface area (Å²) in [5.41, 5.74) is 0.380. The zero-order chi connectivity index (χ0) is 14.8. The molecule has 2 N–H and O–H groups in total. The maximum Gasteiger partial charge on any atom is 0.329 e. The van der Waals surface area contributed by atoms with Crippen LogP contribution in [-0.2, 0) is 16.1 Å². The first-order chi connectivity index (χ1) is 9.38. The molecule has 1 fully saturated rings. The molecular formula is C12H17N3O4S. The quantitative estimate of drug-likeness (QED) is 0.840. The van der Waals surface area contributed by atoms with Crippen molar-refractivity contribution in [3.63, 3.8) is 0 Å². The largest absolute Gasteiger partial charge is 0.480 e. The number of rotatable bonds is 5. The Hall–Kier alpha value is -1.67. The predicted octanol–water partition coefficient (Wildman–Crippen LogP) is 0.837. The summed E-state index contributed by atoms with van der Waals surface area (Å²) >= 11 is 1.51. The van der Waals surface area contributed by atoms with Crippen molar-refractivity contribution < 1.29 is 19.4 Å². The number of nitrogens with zero attached hydrogens (tertiary/aromatic N) is 2. The molecule has 0 saturated carbocycles. The number of nitrogens with one attached hydrogen (secondary N) is 1. The number of ether oxygens (including phenoxy) is 1. The van der Waals surface area contributed by atoms with Crippen molar-refractivity contribution in [3.05, 3.63) is 16.1 Å². The zero-order valence-electron chi connectivity index (χ0n) is 11.4. The summed E-state index contributed by atoms with van der Waals surface area (Å²) in [6, 6.07) is -0.186. The minimum atomic E-state index is -1.01. The lowest BCUT2D eigenvalue weighted by atomic mass is 9.97. The molecule has 1 aromatic rings. The van der Waals surface area contributed by atoms with Crippen LogP contribution in [0.15, 0.2) is 5.38 Å². The Morgan fingerprint density at radius 3 is 2.85 bits per heavy atom. The predicted molar refractivity (Wildman–Crippen MR) is 72.7 cm³/mol. The third kappa shape index (κ3) is 3.67. The highest BCUT2D eigenvalue weighted by atomic mass is 32.1. The molecule has 0 aliphatic carbocycles. The van der Waals surface area contributed by atoms with Crippen LogP contribution in [0, 0.1) is 6.92 Å². The van der Waals surface area contributed by atoms with Gasteiger partial charge in [0.2, 0.25) is 0 Å². The standard InChI is InChI=1S/C12H17N3O4S/c1-8-5-20-9(14-8)3-13-11(18)15-6-12(2,7-15)19-4-10(16)17/h5H,3-4,6-7H2,1-2H3,(H,13,18)(H,16,17). The molecule has 20 heavy (non-hydrogen) atoms. The maximum absolute atomic E-state index is 11.9. The monoisotopic (exact) mass is 299 g/mol. The van der Waals surface area contributed by atoms with Gasteiger partial charge < -0.3 is 20.1 Å². The summed E-state index contributed by atoms with van der Waals surface area (Å²) in [5.74, 6) is -1.01. The average molecular weight is 299 g/mol. The van der Waals surface area contributed by atoms with Gasteiger partial charge >= 0.3 is 12.0 Å². The smallest absolute Gasteiger partial charge is 0.329 e. The van der Waals surface area contributed by atoms with Crippen LogP contribution in [0.2, 0.25) is 0 Å². The minimum Gasteiger partial charge on any atom is -0.480 e. The van der Waals surface area contributed by atoms with Gasteiger partial charge in [0.1, 0.15) is 17.2 Å². The third-order valence-electron chi connectivity index (χ3n) is 2.94. The molecule has 7 nitrogen and oxygen atoms in total. The molecule has 1 saturated heterocycles. The Morgan fingerprint density at radius 1 is 1.60 bits per heavy atom. The van der Waals surface area contributed by atoms with E-state index in [4.69, 9.17) is 9.84 Å². The van der Waals surface area contributed by atoms with Crippen molar-refractivity contribution in [1.29, 1.82) is 0 Å². The molecule has 0 atom stereocenters. The Labute approximate surface area is 120 Å². The van der Waals surface area contributed by atoms with Gasteiger partial charge in [-0.25, -0.2) is 14.6 Å². The van der Waals surface area contributed by atoms with Crippen LogP contribution in [0.4, 0.5) is 4.79 Å². The van der Waals surface area contributed by atoms with E-state index in [1.54, 1.807) is 11.8 Å². The van der Waals surface area contributed by atoms with Crippen molar-refractivity contribution in [2.75, 3.05) is 19.7 Å². The van der Waals surface area contributed by atoms with Crippen molar-refractivity contribution in [2.24, 2.45) is 0 Å². The van der Waals surface area contributed by atoms with Crippen LogP contribution in [0.5, 0.6) is 0 Å². The molecule has 2 rings (SSSR count). The molecule has 1 aliphatic rings. The zero-order valence-corrected chi connectivity index (χ0v) is 12.2. The van der Waals surface area contributed by atoms with Crippen molar-refractivity contribution >= 4 is 23.3 Å². The van der Waals surface area contributed by atoms with Crippen LogP contribution < -0.4 is 5.32 Å². The van der Waals surface area contributed by atoms with E-state index in [0.717, 1.165) is 10.7 Å². The van der Waals surface area contributed by atoms with Crippen molar-refractivity contribution in [3.8, 4) is 0 Å². The Balaban J connectivity index is 1.72. The number of hydrogen-bond donors (Lipinski definition) is 2. The van der Waals surface area contributed by atoms with Gasteiger partial charge in [-0.15, -0.1) is 11.3 Å². The van der Waals surface area contributed by atoms with Gasteiger partial charge in [-0.1, -0.05) is 0 Å². The van der Waals surface area contributed by atoms with Gasteiger partial charge in [0.25, 0.3) is 0 Å². The van der Waals surface area contributed by atoms with Crippen LogP contribution in [-0.4, -0.2) is 52.3 Å². The number of carbonyl (C=O) groups excluding carboxylic acids is 1. The maximum atomic E-state index is 11.9. The van der Waals surface area contributed by atoms with Crippen molar-refractivity contribution in [1.82, 2.24) is 15.2 Å².